The van der Waals surface area contributed by atoms with Crippen molar-refractivity contribution in [2.45, 2.75) is 39.6 Å². The molecule has 1 saturated heterocycles. The van der Waals surface area contributed by atoms with E-state index in [1.807, 2.05) is 18.9 Å². The Morgan fingerprint density at radius 2 is 1.67 bits per heavy atom. The van der Waals surface area contributed by atoms with Crippen LogP contribution in [0, 0.1) is 20.8 Å². The second-order valence-electron chi connectivity index (χ2n) is 11.8. The number of likely N-dealkylation sites (N-methyl/N-ethyl adjacent to an activating group) is 1. The first-order valence-corrected chi connectivity index (χ1v) is 15.6. The minimum Gasteiger partial charge on any atom is -0.465 e. The molecule has 1 atom stereocenters. The number of anilines is 4. The molecule has 0 saturated carbocycles. The van der Waals surface area contributed by atoms with E-state index in [2.05, 4.69) is 20.2 Å². The Balaban J connectivity index is 1.58. The molecule has 4 aromatic rings. The van der Waals surface area contributed by atoms with Crippen LogP contribution in [0.1, 0.15) is 39.4 Å². The summed E-state index contributed by atoms with van der Waals surface area (Å²) in [4.78, 5) is 26.6. The van der Waals surface area contributed by atoms with Gasteiger partial charge in [0.1, 0.15) is 5.82 Å². The number of halogens is 6. The summed E-state index contributed by atoms with van der Waals surface area (Å²) in [7, 11) is 1.97. The van der Waals surface area contributed by atoms with E-state index in [9.17, 15) is 31.9 Å². The van der Waals surface area contributed by atoms with E-state index in [4.69, 9.17) is 16.3 Å². The highest BCUT2D eigenvalue weighted by atomic mass is 35.5. The predicted octanol–water partition coefficient (Wildman–Crippen LogP) is 8.44. The van der Waals surface area contributed by atoms with E-state index in [0.29, 0.717) is 35.5 Å². The van der Waals surface area contributed by atoms with Gasteiger partial charge in [0.05, 0.1) is 17.3 Å². The zero-order chi connectivity index (χ0) is 35.6. The summed E-state index contributed by atoms with van der Waals surface area (Å²) < 4.78 is 73.4. The summed E-state index contributed by atoms with van der Waals surface area (Å²) in [5.41, 5.74) is 2.20. The lowest BCUT2D eigenvalue weighted by Gasteiger charge is -2.35. The molecule has 1 aromatic heterocycles. The van der Waals surface area contributed by atoms with E-state index in [1.165, 1.54) is 18.3 Å². The second-order valence-corrected chi connectivity index (χ2v) is 12.2. The fourth-order valence-electron chi connectivity index (χ4n) is 6.08. The molecule has 260 valence electrons. The molecule has 1 aliphatic heterocycles. The standard InChI is InChI=1S/C34H34ClF5N6O3/c1-19-15-20(2)29(21(3)16-19)30(24-17-22(34(38,39)40)5-7-25(24)35)46(33(47)48)28-9-10-41-32(43-28)42-23-6-8-26(27(18-23)49-31(36)37)45-13-11-44(4)12-14-45/h5-10,15-18,30-31H,11-14H2,1-4H3,(H,47,48)(H,41,42,43). The number of piperazine rings is 1. The highest BCUT2D eigenvalue weighted by molar-refractivity contribution is 6.31. The van der Waals surface area contributed by atoms with Crippen LogP contribution in [0.2, 0.25) is 5.02 Å². The Morgan fingerprint density at radius 3 is 2.29 bits per heavy atom. The summed E-state index contributed by atoms with van der Waals surface area (Å²) in [6.07, 6.45) is -4.98. The molecule has 2 heterocycles. The molecule has 1 amide bonds. The molecule has 1 fully saturated rings. The smallest absolute Gasteiger partial charge is 0.416 e. The van der Waals surface area contributed by atoms with Gasteiger partial charge in [-0.05, 0) is 86.5 Å². The summed E-state index contributed by atoms with van der Waals surface area (Å²) in [5, 5.41) is 13.5. The largest absolute Gasteiger partial charge is 0.465 e. The summed E-state index contributed by atoms with van der Waals surface area (Å²) in [5.74, 6) is -0.358. The van der Waals surface area contributed by atoms with Gasteiger partial charge in [-0.3, -0.25) is 0 Å². The van der Waals surface area contributed by atoms with Crippen molar-refractivity contribution in [1.29, 1.82) is 0 Å². The Morgan fingerprint density at radius 1 is 1.00 bits per heavy atom. The number of nitrogens with one attached hydrogen (secondary N) is 1. The number of carboxylic acid groups (broad SMARTS) is 1. The van der Waals surface area contributed by atoms with Crippen LogP contribution < -0.4 is 19.9 Å². The number of alkyl halides is 5. The van der Waals surface area contributed by atoms with Gasteiger partial charge >= 0.3 is 18.9 Å². The first kappa shape index (κ1) is 35.6. The first-order chi connectivity index (χ1) is 23.1. The van der Waals surface area contributed by atoms with Crippen molar-refractivity contribution in [2.24, 2.45) is 0 Å². The summed E-state index contributed by atoms with van der Waals surface area (Å²) >= 11 is 6.53. The van der Waals surface area contributed by atoms with Crippen molar-refractivity contribution in [3.63, 3.8) is 0 Å². The van der Waals surface area contributed by atoms with Crippen LogP contribution in [0.15, 0.2) is 60.8 Å². The molecule has 2 N–H and O–H groups in total. The van der Waals surface area contributed by atoms with Gasteiger partial charge in [-0.15, -0.1) is 0 Å². The number of carbonyl (C=O) groups is 1. The number of amides is 1. The van der Waals surface area contributed by atoms with Gasteiger partial charge in [-0.25, -0.2) is 14.7 Å². The van der Waals surface area contributed by atoms with Crippen molar-refractivity contribution in [3.05, 3.63) is 99.2 Å². The van der Waals surface area contributed by atoms with Crippen LogP contribution >= 0.6 is 11.6 Å². The average Bonchev–Trinajstić information content (AvgIpc) is 3.00. The van der Waals surface area contributed by atoms with Gasteiger partial charge in [-0.1, -0.05) is 29.3 Å². The number of aromatic nitrogens is 2. The molecule has 3 aromatic carbocycles. The molecule has 5 rings (SSSR count). The topological polar surface area (TPSA) is 94.1 Å². The minimum atomic E-state index is -4.73. The molecule has 0 aliphatic carbocycles. The maximum Gasteiger partial charge on any atom is 0.416 e. The van der Waals surface area contributed by atoms with Gasteiger partial charge in [0.2, 0.25) is 5.95 Å². The molecule has 49 heavy (non-hydrogen) atoms. The zero-order valence-corrected chi connectivity index (χ0v) is 27.8. The molecular weight excluding hydrogens is 671 g/mol. The second kappa shape index (κ2) is 14.4. The lowest BCUT2D eigenvalue weighted by atomic mass is 9.88. The monoisotopic (exact) mass is 704 g/mol. The third-order valence-corrected chi connectivity index (χ3v) is 8.60. The summed E-state index contributed by atoms with van der Waals surface area (Å²) in [6.45, 7) is 4.93. The average molecular weight is 705 g/mol. The van der Waals surface area contributed by atoms with Crippen molar-refractivity contribution >= 4 is 40.8 Å². The summed E-state index contributed by atoms with van der Waals surface area (Å²) in [6, 6.07) is 10.9. The molecular formula is C34H34ClF5N6O3. The molecule has 1 aliphatic rings. The van der Waals surface area contributed by atoms with Gasteiger partial charge in [0.15, 0.2) is 5.75 Å². The van der Waals surface area contributed by atoms with Crippen molar-refractivity contribution in [3.8, 4) is 5.75 Å². The quantitative estimate of drug-likeness (QED) is 0.168. The first-order valence-electron chi connectivity index (χ1n) is 15.2. The van der Waals surface area contributed by atoms with Gasteiger partial charge in [0, 0.05) is 49.2 Å². The Kier molecular flexibility index (Phi) is 10.5. The van der Waals surface area contributed by atoms with Crippen LogP contribution in [-0.2, 0) is 6.18 Å². The molecule has 0 spiro atoms. The van der Waals surface area contributed by atoms with Crippen LogP contribution in [0.4, 0.5) is 49.9 Å². The fourth-order valence-corrected chi connectivity index (χ4v) is 6.30. The maximum absolute atomic E-state index is 13.9. The third kappa shape index (κ3) is 8.14. The zero-order valence-electron chi connectivity index (χ0n) is 27.0. The Labute approximate surface area is 284 Å². The lowest BCUT2D eigenvalue weighted by Crippen LogP contribution is -2.44. The third-order valence-electron chi connectivity index (χ3n) is 8.26. The van der Waals surface area contributed by atoms with Crippen molar-refractivity contribution in [2.75, 3.05) is 48.3 Å². The fraction of sp³-hybridized carbons (Fsp3) is 0.324. The molecule has 0 radical (unpaired) electrons. The van der Waals surface area contributed by atoms with Crippen LogP contribution in [0.3, 0.4) is 0 Å². The number of hydrogen-bond acceptors (Lipinski definition) is 7. The van der Waals surface area contributed by atoms with E-state index >= 15 is 0 Å². The number of hydrogen-bond donors (Lipinski definition) is 2. The highest BCUT2D eigenvalue weighted by Crippen LogP contribution is 2.42. The number of aryl methyl sites for hydroxylation is 3. The Hall–Kier alpha value is -4.69. The van der Waals surface area contributed by atoms with E-state index < -0.39 is 30.5 Å². The van der Waals surface area contributed by atoms with Gasteiger partial charge in [-0.2, -0.15) is 26.9 Å². The number of benzene rings is 3. The predicted molar refractivity (Wildman–Crippen MR) is 178 cm³/mol. The highest BCUT2D eigenvalue weighted by Gasteiger charge is 2.37. The minimum absolute atomic E-state index is 0.0718. The van der Waals surface area contributed by atoms with Crippen molar-refractivity contribution < 1.29 is 36.6 Å². The maximum atomic E-state index is 13.9. The van der Waals surface area contributed by atoms with Crippen LogP contribution in [0.25, 0.3) is 0 Å². The van der Waals surface area contributed by atoms with Crippen molar-refractivity contribution in [1.82, 2.24) is 14.9 Å². The van der Waals surface area contributed by atoms with E-state index in [0.717, 1.165) is 41.8 Å². The molecule has 0 bridgehead atoms. The van der Waals surface area contributed by atoms with E-state index in [1.54, 1.807) is 38.1 Å². The normalized spacial score (nSPS) is 14.6. The number of rotatable bonds is 9. The van der Waals surface area contributed by atoms with Crippen LogP contribution in [-0.4, -0.2) is 65.9 Å². The van der Waals surface area contributed by atoms with E-state index in [-0.39, 0.29) is 33.8 Å². The molecule has 15 heteroatoms. The van der Waals surface area contributed by atoms with Gasteiger partial charge < -0.3 is 25.0 Å². The number of ether oxygens (including phenoxy) is 1. The molecule has 9 nitrogen and oxygen atoms in total. The van der Waals surface area contributed by atoms with Gasteiger partial charge in [0.25, 0.3) is 0 Å². The lowest BCUT2D eigenvalue weighted by molar-refractivity contribution is -0.137. The SMILES string of the molecule is Cc1cc(C)c(C(c2cc(C(F)(F)F)ccc2Cl)N(C(=O)O)c2ccnc(Nc3ccc(N4CCN(C)CC4)c(OC(F)F)c3)n2)c(C)c1. The Bertz CT molecular complexity index is 1810. The number of nitrogens with zero attached hydrogens (tertiary/aromatic N) is 5. The molecule has 1 unspecified atom stereocenters. The van der Waals surface area contributed by atoms with Crippen LogP contribution in [0.5, 0.6) is 5.75 Å².